The first kappa shape index (κ1) is 32.0. The van der Waals surface area contributed by atoms with Gasteiger partial charge in [-0.15, -0.1) is 0 Å². The third-order valence-electron chi connectivity index (χ3n) is 7.77. The van der Waals surface area contributed by atoms with E-state index in [1.165, 1.54) is 12.1 Å². The minimum absolute atomic E-state index is 0.0578. The molecule has 0 aliphatic carbocycles. The Labute approximate surface area is 262 Å². The lowest BCUT2D eigenvalue weighted by atomic mass is 9.89. The molecule has 238 valence electrons. The first-order chi connectivity index (χ1) is 22.2. The molecule has 1 aliphatic rings. The molecule has 1 saturated heterocycles. The van der Waals surface area contributed by atoms with Crippen molar-refractivity contribution < 1.29 is 37.2 Å². The van der Waals surface area contributed by atoms with E-state index in [1.54, 1.807) is 54.6 Å². The Hall–Kier alpha value is -5.39. The van der Waals surface area contributed by atoms with Gasteiger partial charge in [0, 0.05) is 30.8 Å². The summed E-state index contributed by atoms with van der Waals surface area (Å²) in [6.07, 6.45) is 0.639. The van der Waals surface area contributed by atoms with E-state index >= 15 is 0 Å². The highest BCUT2D eigenvalue weighted by atomic mass is 19.2. The number of hydrogen-bond donors (Lipinski definition) is 4. The Morgan fingerprint density at radius 3 is 2.37 bits per heavy atom. The van der Waals surface area contributed by atoms with E-state index in [-0.39, 0.29) is 36.6 Å². The van der Waals surface area contributed by atoms with Gasteiger partial charge in [-0.05, 0) is 54.7 Å². The van der Waals surface area contributed by atoms with Gasteiger partial charge in [-0.3, -0.25) is 24.0 Å². The molecule has 1 aromatic heterocycles. The van der Waals surface area contributed by atoms with Crippen molar-refractivity contribution in [2.75, 3.05) is 6.54 Å². The number of hydrogen-bond acceptors (Lipinski definition) is 6. The lowest BCUT2D eigenvalue weighted by Gasteiger charge is -2.27. The summed E-state index contributed by atoms with van der Waals surface area (Å²) >= 11 is 0. The molecular formula is C34H32F2N4O6. The van der Waals surface area contributed by atoms with Crippen molar-refractivity contribution in [1.82, 2.24) is 21.3 Å². The molecule has 0 spiro atoms. The second-order valence-corrected chi connectivity index (χ2v) is 11.1. The number of rotatable bonds is 12. The Balaban J connectivity index is 1.38. The Kier molecular flexibility index (Phi) is 10.2. The highest BCUT2D eigenvalue weighted by Crippen LogP contribution is 2.21. The van der Waals surface area contributed by atoms with Gasteiger partial charge in [0.1, 0.15) is 11.6 Å². The summed E-state index contributed by atoms with van der Waals surface area (Å²) in [5.41, 5.74) is 1.36. The smallest absolute Gasteiger partial charge is 0.289 e. The topological polar surface area (TPSA) is 147 Å². The second-order valence-electron chi connectivity index (χ2n) is 11.1. The summed E-state index contributed by atoms with van der Waals surface area (Å²) in [7, 11) is 0. The van der Waals surface area contributed by atoms with E-state index in [1.807, 2.05) is 0 Å². The number of benzene rings is 3. The van der Waals surface area contributed by atoms with Crippen LogP contribution < -0.4 is 21.3 Å². The molecule has 1 fully saturated rings. The molecule has 0 saturated carbocycles. The van der Waals surface area contributed by atoms with E-state index in [9.17, 15) is 32.8 Å². The zero-order chi connectivity index (χ0) is 32.6. The predicted octanol–water partition coefficient (Wildman–Crippen LogP) is 3.34. The van der Waals surface area contributed by atoms with Crippen LogP contribution >= 0.6 is 0 Å². The Bertz CT molecular complexity index is 1730. The highest BCUT2D eigenvalue weighted by Gasteiger charge is 2.35. The van der Waals surface area contributed by atoms with Gasteiger partial charge in [-0.1, -0.05) is 54.6 Å². The normalized spacial score (nSPS) is 15.8. The summed E-state index contributed by atoms with van der Waals surface area (Å²) < 4.78 is 33.3. The van der Waals surface area contributed by atoms with Crippen molar-refractivity contribution in [3.63, 3.8) is 0 Å². The second kappa shape index (κ2) is 14.6. The van der Waals surface area contributed by atoms with Gasteiger partial charge < -0.3 is 25.7 Å². The quantitative estimate of drug-likeness (QED) is 0.177. The van der Waals surface area contributed by atoms with Crippen molar-refractivity contribution in [3.05, 3.63) is 107 Å². The van der Waals surface area contributed by atoms with Gasteiger partial charge in [-0.25, -0.2) is 8.78 Å². The van der Waals surface area contributed by atoms with Crippen LogP contribution in [0.3, 0.4) is 0 Å². The fourth-order valence-electron chi connectivity index (χ4n) is 5.31. The van der Waals surface area contributed by atoms with E-state index in [0.717, 1.165) is 17.7 Å². The molecule has 0 unspecified atom stereocenters. The summed E-state index contributed by atoms with van der Waals surface area (Å²) in [4.78, 5) is 66.0. The van der Waals surface area contributed by atoms with Gasteiger partial charge >= 0.3 is 0 Å². The molecule has 46 heavy (non-hydrogen) atoms. The molecular weight excluding hydrogens is 598 g/mol. The number of carbonyl (C=O) groups excluding carboxylic acids is 5. The van der Waals surface area contributed by atoms with Crippen LogP contribution in [-0.2, 0) is 32.1 Å². The zero-order valence-corrected chi connectivity index (χ0v) is 24.7. The van der Waals surface area contributed by atoms with Crippen LogP contribution in [0.4, 0.5) is 8.78 Å². The molecule has 4 amide bonds. The first-order valence-corrected chi connectivity index (χ1v) is 14.9. The van der Waals surface area contributed by atoms with Crippen molar-refractivity contribution in [2.24, 2.45) is 5.92 Å². The molecule has 4 aromatic rings. The van der Waals surface area contributed by atoms with Gasteiger partial charge in [0.25, 0.3) is 11.8 Å². The summed E-state index contributed by atoms with van der Waals surface area (Å²) in [6, 6.07) is 17.5. The van der Waals surface area contributed by atoms with Gasteiger partial charge in [0.05, 0.1) is 6.04 Å². The fraction of sp³-hybridized carbons (Fsp3) is 0.265. The summed E-state index contributed by atoms with van der Waals surface area (Å²) in [5.74, 6) is -6.88. The SMILES string of the molecule is O=C(NCc1ccccc1)C(=O)[C@H](C[C@@H]1CCCNC1=O)NC(=O)[C@H](Cc1ccc(F)c(F)c1)NC(=O)c1cc2ccccc2o1. The molecule has 10 nitrogen and oxygen atoms in total. The summed E-state index contributed by atoms with van der Waals surface area (Å²) in [5, 5.41) is 11.0. The maximum absolute atomic E-state index is 14.1. The molecule has 12 heteroatoms. The van der Waals surface area contributed by atoms with Crippen molar-refractivity contribution >= 4 is 40.4 Å². The number of ketones is 1. The van der Waals surface area contributed by atoms with Crippen molar-refractivity contribution in [3.8, 4) is 0 Å². The van der Waals surface area contributed by atoms with Crippen LogP contribution in [0.1, 0.15) is 40.9 Å². The third-order valence-corrected chi connectivity index (χ3v) is 7.77. The zero-order valence-electron chi connectivity index (χ0n) is 24.7. The largest absolute Gasteiger partial charge is 0.451 e. The minimum Gasteiger partial charge on any atom is -0.451 e. The van der Waals surface area contributed by atoms with Crippen molar-refractivity contribution in [1.29, 1.82) is 0 Å². The van der Waals surface area contributed by atoms with Crippen LogP contribution in [0.15, 0.2) is 83.3 Å². The third kappa shape index (κ3) is 8.00. The minimum atomic E-state index is -1.42. The van der Waals surface area contributed by atoms with E-state index in [0.29, 0.717) is 30.4 Å². The van der Waals surface area contributed by atoms with E-state index in [2.05, 4.69) is 21.3 Å². The number of halogens is 2. The van der Waals surface area contributed by atoms with Gasteiger partial charge in [-0.2, -0.15) is 0 Å². The summed E-state index contributed by atoms with van der Waals surface area (Å²) in [6.45, 7) is 0.532. The molecule has 3 aromatic carbocycles. The van der Waals surface area contributed by atoms with Crippen LogP contribution in [0.25, 0.3) is 11.0 Å². The maximum atomic E-state index is 14.1. The number of Topliss-reactive ketones (excluding diaryl/α,β-unsaturated/α-hetero) is 1. The van der Waals surface area contributed by atoms with Crippen molar-refractivity contribution in [2.45, 2.75) is 44.3 Å². The van der Waals surface area contributed by atoms with Gasteiger partial charge in [0.15, 0.2) is 17.4 Å². The lowest BCUT2D eigenvalue weighted by molar-refractivity contribution is -0.141. The van der Waals surface area contributed by atoms with Gasteiger partial charge in [0.2, 0.25) is 17.6 Å². The molecule has 0 radical (unpaired) electrons. The Morgan fingerprint density at radius 1 is 0.870 bits per heavy atom. The number of nitrogens with one attached hydrogen (secondary N) is 4. The molecule has 0 bridgehead atoms. The fourth-order valence-corrected chi connectivity index (χ4v) is 5.31. The highest BCUT2D eigenvalue weighted by molar-refractivity contribution is 6.38. The average molecular weight is 631 g/mol. The van der Waals surface area contributed by atoms with E-state index in [4.69, 9.17) is 4.42 Å². The molecule has 1 aliphatic heterocycles. The standard InChI is InChI=1S/C34H32F2N4O6/c35-24-13-12-21(15-25(24)36)16-27(40-33(44)29-18-22-9-4-5-11-28(22)46-29)32(43)39-26(17-23-10-6-14-37-31(23)42)30(41)34(45)38-19-20-7-2-1-3-8-20/h1-5,7-9,11-13,15,18,23,26-27H,6,10,14,16-17,19H2,(H,37,42)(H,38,45)(H,39,43)(H,40,44)/t23-,26-,27-/m0/s1. The Morgan fingerprint density at radius 2 is 1.63 bits per heavy atom. The number of furan rings is 1. The van der Waals surface area contributed by atoms with Crippen LogP contribution in [0, 0.1) is 17.6 Å². The average Bonchev–Trinajstić information content (AvgIpc) is 3.50. The number of fused-ring (bicyclic) bond motifs is 1. The van der Waals surface area contributed by atoms with Crippen LogP contribution in [0.2, 0.25) is 0 Å². The lowest BCUT2D eigenvalue weighted by Crippen LogP contribution is -2.55. The first-order valence-electron chi connectivity index (χ1n) is 14.9. The monoisotopic (exact) mass is 630 g/mol. The van der Waals surface area contributed by atoms with E-state index < -0.39 is 53.1 Å². The molecule has 4 N–H and O–H groups in total. The maximum Gasteiger partial charge on any atom is 0.289 e. The molecule has 3 atom stereocenters. The molecule has 5 rings (SSSR count). The number of carbonyl (C=O) groups is 5. The van der Waals surface area contributed by atoms with Crippen LogP contribution in [-0.4, -0.2) is 48.0 Å². The number of piperidine rings is 1. The number of amides is 4. The predicted molar refractivity (Wildman–Crippen MR) is 163 cm³/mol. The number of para-hydroxylation sites is 1. The molecule has 2 heterocycles. The van der Waals surface area contributed by atoms with Crippen LogP contribution in [0.5, 0.6) is 0 Å².